The Balaban J connectivity index is 1.53. The van der Waals surface area contributed by atoms with Gasteiger partial charge >= 0.3 is 6.09 Å². The van der Waals surface area contributed by atoms with Gasteiger partial charge in [0.05, 0.1) is 13.2 Å². The van der Waals surface area contributed by atoms with Crippen LogP contribution in [0.4, 0.5) is 9.18 Å². The zero-order valence-electron chi connectivity index (χ0n) is 18.7. The minimum atomic E-state index is -1.00. The Morgan fingerprint density at radius 2 is 1.97 bits per heavy atom. The van der Waals surface area contributed by atoms with Crippen molar-refractivity contribution in [2.75, 3.05) is 33.3 Å². The highest BCUT2D eigenvalue weighted by Gasteiger charge is 2.24. The number of aromatic nitrogens is 1. The third-order valence-corrected chi connectivity index (χ3v) is 5.28. The van der Waals surface area contributed by atoms with E-state index >= 15 is 0 Å². The Hall–Kier alpha value is -3.49. The Labute approximate surface area is 192 Å². The predicted molar refractivity (Wildman–Crippen MR) is 121 cm³/mol. The van der Waals surface area contributed by atoms with Gasteiger partial charge in [-0.2, -0.15) is 0 Å². The van der Waals surface area contributed by atoms with Crippen LogP contribution >= 0.6 is 0 Å². The molecular formula is C24H29FN4O4. The Kier molecular flexibility index (Phi) is 8.74. The molecule has 0 spiro atoms. The lowest BCUT2D eigenvalue weighted by Crippen LogP contribution is -2.41. The van der Waals surface area contributed by atoms with Crippen molar-refractivity contribution < 1.29 is 23.5 Å². The average molecular weight is 457 g/mol. The molecule has 8 nitrogen and oxygen atoms in total. The Bertz CT molecular complexity index is 970. The summed E-state index contributed by atoms with van der Waals surface area (Å²) < 4.78 is 18.6. The third-order valence-electron chi connectivity index (χ3n) is 5.28. The van der Waals surface area contributed by atoms with Crippen molar-refractivity contribution in [3.8, 4) is 0 Å². The maximum absolute atomic E-state index is 13.4. The molecule has 1 unspecified atom stereocenters. The molecule has 0 saturated carbocycles. The molecule has 33 heavy (non-hydrogen) atoms. The minimum Gasteiger partial charge on any atom is -0.449 e. The van der Waals surface area contributed by atoms with Gasteiger partial charge in [-0.3, -0.25) is 9.59 Å². The van der Waals surface area contributed by atoms with Crippen molar-refractivity contribution in [2.24, 2.45) is 0 Å². The molecule has 1 saturated heterocycles. The van der Waals surface area contributed by atoms with E-state index in [1.54, 1.807) is 6.07 Å². The van der Waals surface area contributed by atoms with E-state index in [9.17, 15) is 18.8 Å². The molecule has 3 amide bonds. The lowest BCUT2D eigenvalue weighted by molar-refractivity contribution is 0.0754. The number of rotatable bonds is 8. The van der Waals surface area contributed by atoms with Gasteiger partial charge in [0.1, 0.15) is 11.9 Å². The third kappa shape index (κ3) is 7.27. The second-order valence-corrected chi connectivity index (χ2v) is 7.88. The summed E-state index contributed by atoms with van der Waals surface area (Å²) in [5.41, 5.74) is 2.11. The first kappa shape index (κ1) is 24.2. The summed E-state index contributed by atoms with van der Waals surface area (Å²) in [7, 11) is 1.51. The Morgan fingerprint density at radius 3 is 2.70 bits per heavy atom. The molecule has 1 aliphatic rings. The van der Waals surface area contributed by atoms with Gasteiger partial charge in [-0.1, -0.05) is 30.3 Å². The van der Waals surface area contributed by atoms with E-state index in [0.717, 1.165) is 5.56 Å². The van der Waals surface area contributed by atoms with E-state index in [-0.39, 0.29) is 37.2 Å². The summed E-state index contributed by atoms with van der Waals surface area (Å²) in [6.45, 7) is 0.961. The van der Waals surface area contributed by atoms with Gasteiger partial charge in [-0.25, -0.2) is 14.2 Å². The number of halogens is 1. The van der Waals surface area contributed by atoms with Crippen LogP contribution in [-0.2, 0) is 11.2 Å². The molecule has 1 atom stereocenters. The molecule has 0 aliphatic carbocycles. The second kappa shape index (κ2) is 11.9. The van der Waals surface area contributed by atoms with Crippen LogP contribution in [0.1, 0.15) is 51.4 Å². The highest BCUT2D eigenvalue weighted by molar-refractivity contribution is 5.98. The van der Waals surface area contributed by atoms with Gasteiger partial charge < -0.3 is 20.3 Å². The molecular weight excluding hydrogens is 427 g/mol. The molecule has 2 aromatic rings. The molecule has 1 aromatic heterocycles. The van der Waals surface area contributed by atoms with Crippen LogP contribution < -0.4 is 10.6 Å². The monoisotopic (exact) mass is 456 g/mol. The number of pyridine rings is 1. The van der Waals surface area contributed by atoms with Crippen molar-refractivity contribution >= 4 is 17.9 Å². The number of likely N-dealkylation sites (tertiary alicyclic amines) is 1. The number of hydrogen-bond acceptors (Lipinski definition) is 5. The highest BCUT2D eigenvalue weighted by atomic mass is 19.1. The second-order valence-electron chi connectivity index (χ2n) is 7.88. The van der Waals surface area contributed by atoms with Crippen molar-refractivity contribution in [3.63, 3.8) is 0 Å². The van der Waals surface area contributed by atoms with Crippen LogP contribution in [0.3, 0.4) is 0 Å². The van der Waals surface area contributed by atoms with Crippen LogP contribution in [0.15, 0.2) is 42.5 Å². The molecule has 1 aliphatic heterocycles. The van der Waals surface area contributed by atoms with E-state index < -0.39 is 12.3 Å². The van der Waals surface area contributed by atoms with Gasteiger partial charge in [0.25, 0.3) is 11.8 Å². The SMILES string of the molecule is CNC(=O)c1cc(C(=O)NCCCOC(=O)N2CCCC(F)C2)cc(Cc2ccccc2)n1. The number of nitrogens with one attached hydrogen (secondary N) is 2. The number of carbonyl (C=O) groups is 3. The molecule has 2 N–H and O–H groups in total. The summed E-state index contributed by atoms with van der Waals surface area (Å²) in [6.07, 6.45) is 0.463. The van der Waals surface area contributed by atoms with Crippen molar-refractivity contribution in [1.29, 1.82) is 0 Å². The molecule has 0 radical (unpaired) electrons. The van der Waals surface area contributed by atoms with Crippen molar-refractivity contribution in [1.82, 2.24) is 20.5 Å². The smallest absolute Gasteiger partial charge is 0.409 e. The summed E-state index contributed by atoms with van der Waals surface area (Å²) in [6, 6.07) is 12.8. The fraction of sp³-hybridized carbons (Fsp3) is 0.417. The van der Waals surface area contributed by atoms with Gasteiger partial charge in [-0.15, -0.1) is 0 Å². The van der Waals surface area contributed by atoms with E-state index in [4.69, 9.17) is 4.74 Å². The maximum Gasteiger partial charge on any atom is 0.409 e. The van der Waals surface area contributed by atoms with Crippen molar-refractivity contribution in [2.45, 2.75) is 31.9 Å². The summed E-state index contributed by atoms with van der Waals surface area (Å²) in [5, 5.41) is 5.30. The van der Waals surface area contributed by atoms with Crippen LogP contribution in [0.25, 0.3) is 0 Å². The number of benzene rings is 1. The van der Waals surface area contributed by atoms with Crippen LogP contribution in [-0.4, -0.2) is 67.3 Å². The zero-order chi connectivity index (χ0) is 23.6. The number of piperidine rings is 1. The molecule has 176 valence electrons. The van der Waals surface area contributed by atoms with Gasteiger partial charge in [0.2, 0.25) is 0 Å². The maximum atomic E-state index is 13.4. The highest BCUT2D eigenvalue weighted by Crippen LogP contribution is 2.14. The standard InChI is InChI=1S/C24H29FN4O4/c1-26-23(31)21-15-18(14-20(28-21)13-17-7-3-2-4-8-17)22(30)27-10-6-12-33-24(32)29-11-5-9-19(25)16-29/h2-4,7-8,14-15,19H,5-6,9-13,16H2,1H3,(H,26,31)(H,27,30). The summed E-state index contributed by atoms with van der Waals surface area (Å²) >= 11 is 0. The fourth-order valence-electron chi connectivity index (χ4n) is 3.58. The first-order valence-electron chi connectivity index (χ1n) is 11.1. The van der Waals surface area contributed by atoms with E-state index in [2.05, 4.69) is 15.6 Å². The van der Waals surface area contributed by atoms with Crippen LogP contribution in [0, 0.1) is 0 Å². The topological polar surface area (TPSA) is 101 Å². The number of amides is 3. The lowest BCUT2D eigenvalue weighted by atomic mass is 10.1. The fourth-order valence-corrected chi connectivity index (χ4v) is 3.58. The summed E-state index contributed by atoms with van der Waals surface area (Å²) in [5.74, 6) is -0.724. The van der Waals surface area contributed by atoms with E-state index in [0.29, 0.717) is 43.5 Å². The first-order valence-corrected chi connectivity index (χ1v) is 11.1. The molecule has 1 aromatic carbocycles. The number of nitrogens with zero attached hydrogens (tertiary/aromatic N) is 2. The van der Waals surface area contributed by atoms with Crippen molar-refractivity contribution in [3.05, 3.63) is 65.0 Å². The van der Waals surface area contributed by atoms with Gasteiger partial charge in [-0.05, 0) is 37.0 Å². The minimum absolute atomic E-state index is 0.0661. The first-order chi connectivity index (χ1) is 16.0. The number of alkyl halides is 1. The van der Waals surface area contributed by atoms with Gasteiger partial charge in [0, 0.05) is 37.8 Å². The zero-order valence-corrected chi connectivity index (χ0v) is 18.7. The van der Waals surface area contributed by atoms with Crippen LogP contribution in [0.2, 0.25) is 0 Å². The normalized spacial score (nSPS) is 15.6. The van der Waals surface area contributed by atoms with E-state index in [1.807, 2.05) is 30.3 Å². The largest absolute Gasteiger partial charge is 0.449 e. The molecule has 9 heteroatoms. The lowest BCUT2D eigenvalue weighted by Gasteiger charge is -2.28. The molecule has 0 bridgehead atoms. The quantitative estimate of drug-likeness (QED) is 0.595. The molecule has 2 heterocycles. The molecule has 1 fully saturated rings. The number of carbonyl (C=O) groups excluding carboxylic acids is 3. The number of hydrogen-bond donors (Lipinski definition) is 2. The summed E-state index contributed by atoms with van der Waals surface area (Å²) in [4.78, 5) is 42.5. The van der Waals surface area contributed by atoms with Gasteiger partial charge in [0.15, 0.2) is 0 Å². The Morgan fingerprint density at radius 1 is 1.18 bits per heavy atom. The number of ether oxygens (including phenoxy) is 1. The predicted octanol–water partition coefficient (Wildman–Crippen LogP) is 2.72. The molecule has 3 rings (SSSR count). The average Bonchev–Trinajstić information content (AvgIpc) is 2.83. The van der Waals surface area contributed by atoms with E-state index in [1.165, 1.54) is 18.0 Å². The van der Waals surface area contributed by atoms with Crippen LogP contribution in [0.5, 0.6) is 0 Å².